The summed E-state index contributed by atoms with van der Waals surface area (Å²) >= 11 is 0. The lowest BCUT2D eigenvalue weighted by Gasteiger charge is -2.17. The van der Waals surface area contributed by atoms with Crippen molar-refractivity contribution in [3.63, 3.8) is 0 Å². The molecule has 132 valence electrons. The summed E-state index contributed by atoms with van der Waals surface area (Å²) in [7, 11) is 0. The number of alkyl halides is 2. The lowest BCUT2D eigenvalue weighted by atomic mass is 10.1. The predicted molar refractivity (Wildman–Crippen MR) is 92.3 cm³/mol. The molecule has 0 aromatic heterocycles. The van der Waals surface area contributed by atoms with E-state index in [0.29, 0.717) is 11.7 Å². The summed E-state index contributed by atoms with van der Waals surface area (Å²) in [6.07, 6.45) is 1.78. The fourth-order valence-corrected chi connectivity index (χ4v) is 3.05. The van der Waals surface area contributed by atoms with Crippen LogP contribution in [-0.2, 0) is 0 Å². The number of anilines is 1. The molecule has 2 aromatic carbocycles. The lowest BCUT2D eigenvalue weighted by molar-refractivity contribution is 0.1000. The van der Waals surface area contributed by atoms with Crippen LogP contribution in [0.4, 0.5) is 14.5 Å². The SMILES string of the molecule is NC(=O)c1cccc(Oc2ccc(NC3CCCC3)cc2C(F)F)c1. The number of rotatable bonds is 6. The van der Waals surface area contributed by atoms with E-state index >= 15 is 0 Å². The number of nitrogens with one attached hydrogen (secondary N) is 1. The van der Waals surface area contributed by atoms with Gasteiger partial charge in [0, 0.05) is 17.3 Å². The molecular weight excluding hydrogens is 326 g/mol. The van der Waals surface area contributed by atoms with E-state index < -0.39 is 12.3 Å². The lowest BCUT2D eigenvalue weighted by Crippen LogP contribution is -2.14. The van der Waals surface area contributed by atoms with E-state index in [1.54, 1.807) is 18.2 Å². The topological polar surface area (TPSA) is 64.4 Å². The Morgan fingerprint density at radius 3 is 2.60 bits per heavy atom. The van der Waals surface area contributed by atoms with Crippen molar-refractivity contribution in [1.82, 2.24) is 0 Å². The molecule has 6 heteroatoms. The highest BCUT2D eigenvalue weighted by molar-refractivity contribution is 5.93. The van der Waals surface area contributed by atoms with Crippen molar-refractivity contribution in [1.29, 1.82) is 0 Å². The van der Waals surface area contributed by atoms with Crippen molar-refractivity contribution in [2.24, 2.45) is 5.73 Å². The molecule has 2 aromatic rings. The Hall–Kier alpha value is -2.63. The average molecular weight is 346 g/mol. The van der Waals surface area contributed by atoms with Gasteiger partial charge in [-0.1, -0.05) is 18.9 Å². The third-order valence-corrected chi connectivity index (χ3v) is 4.32. The molecule has 3 rings (SSSR count). The quantitative estimate of drug-likeness (QED) is 0.784. The van der Waals surface area contributed by atoms with Crippen LogP contribution in [0.5, 0.6) is 11.5 Å². The Kier molecular flexibility index (Phi) is 5.16. The van der Waals surface area contributed by atoms with Gasteiger partial charge >= 0.3 is 0 Å². The maximum absolute atomic E-state index is 13.4. The molecule has 4 nitrogen and oxygen atoms in total. The van der Waals surface area contributed by atoms with Gasteiger partial charge in [0.05, 0.1) is 5.56 Å². The summed E-state index contributed by atoms with van der Waals surface area (Å²) in [6, 6.07) is 11.2. The number of hydrogen-bond acceptors (Lipinski definition) is 3. The van der Waals surface area contributed by atoms with Crippen LogP contribution in [0.15, 0.2) is 42.5 Å². The molecule has 0 unspecified atom stereocenters. The number of benzene rings is 2. The van der Waals surface area contributed by atoms with Crippen LogP contribution >= 0.6 is 0 Å². The number of halogens is 2. The van der Waals surface area contributed by atoms with E-state index in [0.717, 1.165) is 25.7 Å². The molecule has 0 spiro atoms. The number of ether oxygens (including phenoxy) is 1. The summed E-state index contributed by atoms with van der Waals surface area (Å²) in [4.78, 5) is 11.2. The first-order valence-electron chi connectivity index (χ1n) is 8.29. The predicted octanol–water partition coefficient (Wildman–Crippen LogP) is 4.87. The number of amides is 1. The number of carbonyl (C=O) groups is 1. The fraction of sp³-hybridized carbons (Fsp3) is 0.316. The van der Waals surface area contributed by atoms with Crippen LogP contribution in [-0.4, -0.2) is 11.9 Å². The van der Waals surface area contributed by atoms with Gasteiger partial charge in [-0.25, -0.2) is 8.78 Å². The first-order valence-corrected chi connectivity index (χ1v) is 8.29. The average Bonchev–Trinajstić information content (AvgIpc) is 3.09. The Labute approximate surface area is 145 Å². The Morgan fingerprint density at radius 2 is 1.92 bits per heavy atom. The van der Waals surface area contributed by atoms with Gasteiger partial charge in [-0.3, -0.25) is 4.79 Å². The molecular formula is C19H20F2N2O2. The second-order valence-electron chi connectivity index (χ2n) is 6.17. The number of carbonyl (C=O) groups excluding carboxylic acids is 1. The minimum Gasteiger partial charge on any atom is -0.457 e. The molecule has 1 aliphatic carbocycles. The monoisotopic (exact) mass is 346 g/mol. The van der Waals surface area contributed by atoms with Crippen molar-refractivity contribution >= 4 is 11.6 Å². The maximum Gasteiger partial charge on any atom is 0.267 e. The van der Waals surface area contributed by atoms with Gasteiger partial charge in [0.15, 0.2) is 0 Å². The fourth-order valence-electron chi connectivity index (χ4n) is 3.05. The highest BCUT2D eigenvalue weighted by Crippen LogP contribution is 2.35. The van der Waals surface area contributed by atoms with E-state index in [-0.39, 0.29) is 22.6 Å². The summed E-state index contributed by atoms with van der Waals surface area (Å²) in [5, 5.41) is 3.30. The summed E-state index contributed by atoms with van der Waals surface area (Å²) in [6.45, 7) is 0. The first-order chi connectivity index (χ1) is 12.0. The van der Waals surface area contributed by atoms with E-state index in [4.69, 9.17) is 10.5 Å². The molecule has 1 fully saturated rings. The van der Waals surface area contributed by atoms with E-state index in [2.05, 4.69) is 5.32 Å². The Morgan fingerprint density at radius 1 is 1.16 bits per heavy atom. The molecule has 1 saturated carbocycles. The van der Waals surface area contributed by atoms with Crippen LogP contribution in [0, 0.1) is 0 Å². The molecule has 0 heterocycles. The first kappa shape index (κ1) is 17.2. The molecule has 0 bridgehead atoms. The summed E-state index contributed by atoms with van der Waals surface area (Å²) in [5.41, 5.74) is 5.97. The number of hydrogen-bond donors (Lipinski definition) is 2. The highest BCUT2D eigenvalue weighted by Gasteiger charge is 2.19. The number of primary amides is 1. The zero-order valence-corrected chi connectivity index (χ0v) is 13.7. The van der Waals surface area contributed by atoms with Crippen LogP contribution in [0.25, 0.3) is 0 Å². The van der Waals surface area contributed by atoms with Gasteiger partial charge in [0.2, 0.25) is 5.91 Å². The molecule has 0 saturated heterocycles. The smallest absolute Gasteiger partial charge is 0.267 e. The van der Waals surface area contributed by atoms with Crippen molar-refractivity contribution < 1.29 is 18.3 Å². The van der Waals surface area contributed by atoms with E-state index in [1.807, 2.05) is 0 Å². The minimum atomic E-state index is -2.67. The van der Waals surface area contributed by atoms with E-state index in [9.17, 15) is 13.6 Å². The van der Waals surface area contributed by atoms with Crippen molar-refractivity contribution in [3.05, 3.63) is 53.6 Å². The summed E-state index contributed by atoms with van der Waals surface area (Å²) in [5.74, 6) is -0.251. The van der Waals surface area contributed by atoms with Crippen molar-refractivity contribution in [2.75, 3.05) is 5.32 Å². The zero-order valence-electron chi connectivity index (χ0n) is 13.7. The van der Waals surface area contributed by atoms with Gasteiger partial charge in [-0.05, 0) is 49.2 Å². The molecule has 1 aliphatic rings. The second-order valence-corrected chi connectivity index (χ2v) is 6.17. The molecule has 25 heavy (non-hydrogen) atoms. The Bertz CT molecular complexity index is 759. The molecule has 0 aliphatic heterocycles. The minimum absolute atomic E-state index is 0.0635. The van der Waals surface area contributed by atoms with E-state index in [1.165, 1.54) is 24.3 Å². The van der Waals surface area contributed by atoms with Crippen LogP contribution in [0.3, 0.4) is 0 Å². The van der Waals surface area contributed by atoms with Crippen LogP contribution in [0.2, 0.25) is 0 Å². The zero-order chi connectivity index (χ0) is 17.8. The molecule has 3 N–H and O–H groups in total. The van der Waals surface area contributed by atoms with Crippen LogP contribution in [0.1, 0.15) is 48.0 Å². The van der Waals surface area contributed by atoms with Gasteiger partial charge < -0.3 is 15.8 Å². The molecule has 0 atom stereocenters. The van der Waals surface area contributed by atoms with Crippen molar-refractivity contribution in [2.45, 2.75) is 38.2 Å². The molecule has 1 amide bonds. The van der Waals surface area contributed by atoms with Crippen LogP contribution < -0.4 is 15.8 Å². The normalized spacial score (nSPS) is 14.7. The molecule has 0 radical (unpaired) electrons. The number of nitrogens with two attached hydrogens (primary N) is 1. The van der Waals surface area contributed by atoms with Crippen molar-refractivity contribution in [3.8, 4) is 11.5 Å². The third kappa shape index (κ3) is 4.26. The second kappa shape index (κ2) is 7.51. The third-order valence-electron chi connectivity index (χ3n) is 4.32. The maximum atomic E-state index is 13.4. The van der Waals surface area contributed by atoms with Gasteiger partial charge in [0.25, 0.3) is 6.43 Å². The summed E-state index contributed by atoms with van der Waals surface area (Å²) < 4.78 is 32.5. The van der Waals surface area contributed by atoms with Gasteiger partial charge in [-0.2, -0.15) is 0 Å². The van der Waals surface area contributed by atoms with Gasteiger partial charge in [0.1, 0.15) is 11.5 Å². The largest absolute Gasteiger partial charge is 0.457 e. The Balaban J connectivity index is 1.82. The standard InChI is InChI=1S/C19H20F2N2O2/c20-18(21)16-11-14(23-13-5-1-2-6-13)8-9-17(16)25-15-7-3-4-12(10-15)19(22)24/h3-4,7-11,13,18,23H,1-2,5-6H2,(H2,22,24). The van der Waals surface area contributed by atoms with Gasteiger partial charge in [-0.15, -0.1) is 0 Å². The highest BCUT2D eigenvalue weighted by atomic mass is 19.3.